The number of hydrogen-bond acceptors (Lipinski definition) is 6. The number of aromatic nitrogens is 1. The van der Waals surface area contributed by atoms with Crippen LogP contribution in [0.1, 0.15) is 17.2 Å². The van der Waals surface area contributed by atoms with Crippen molar-refractivity contribution in [3.05, 3.63) is 89.3 Å². The lowest BCUT2D eigenvalue weighted by Crippen LogP contribution is -2.30. The number of aliphatic hydroxyl groups excluding tert-OH is 1. The minimum absolute atomic E-state index is 0.200. The summed E-state index contributed by atoms with van der Waals surface area (Å²) >= 11 is 0. The molecule has 0 saturated carbocycles. The van der Waals surface area contributed by atoms with E-state index in [0.717, 1.165) is 23.1 Å². The number of anilines is 1. The highest BCUT2D eigenvalue weighted by molar-refractivity contribution is 6.51. The van der Waals surface area contributed by atoms with Gasteiger partial charge in [0, 0.05) is 24.0 Å². The molecule has 1 fully saturated rings. The fourth-order valence-corrected chi connectivity index (χ4v) is 3.95. The molecular formula is C24H16F2N2O5. The summed E-state index contributed by atoms with van der Waals surface area (Å²) in [6.45, 7) is 0.694. The summed E-state index contributed by atoms with van der Waals surface area (Å²) in [6.07, 6.45) is 2.87. The van der Waals surface area contributed by atoms with Crippen LogP contribution in [-0.2, 0) is 9.59 Å². The molecule has 2 aliphatic heterocycles. The highest BCUT2D eigenvalue weighted by atomic mass is 19.1. The Morgan fingerprint density at radius 1 is 1.03 bits per heavy atom. The molecule has 2 aromatic carbocycles. The normalized spacial score (nSPS) is 19.1. The highest BCUT2D eigenvalue weighted by Crippen LogP contribution is 2.43. The molecule has 0 aliphatic carbocycles. The number of carbonyl (C=O) groups excluding carboxylic acids is 2. The van der Waals surface area contributed by atoms with Crippen LogP contribution < -0.4 is 14.4 Å². The molecule has 2 aliphatic rings. The van der Waals surface area contributed by atoms with Crippen molar-refractivity contribution in [1.82, 2.24) is 4.98 Å². The van der Waals surface area contributed by atoms with Gasteiger partial charge < -0.3 is 14.6 Å². The molecule has 1 aromatic heterocycles. The van der Waals surface area contributed by atoms with Crippen molar-refractivity contribution in [3.63, 3.8) is 0 Å². The van der Waals surface area contributed by atoms with Gasteiger partial charge >= 0.3 is 0 Å². The average molecular weight is 450 g/mol. The van der Waals surface area contributed by atoms with Gasteiger partial charge in [-0.05, 0) is 42.0 Å². The van der Waals surface area contributed by atoms with Crippen LogP contribution in [-0.4, -0.2) is 35.0 Å². The maximum Gasteiger partial charge on any atom is 0.300 e. The number of benzene rings is 2. The van der Waals surface area contributed by atoms with Crippen molar-refractivity contribution >= 4 is 23.1 Å². The van der Waals surface area contributed by atoms with Crippen molar-refractivity contribution in [2.75, 3.05) is 18.1 Å². The minimum Gasteiger partial charge on any atom is -0.507 e. The average Bonchev–Trinajstić information content (AvgIpc) is 3.10. The minimum atomic E-state index is -1.23. The third kappa shape index (κ3) is 3.47. The summed E-state index contributed by atoms with van der Waals surface area (Å²) in [5.41, 5.74) is -0.175. The number of ketones is 1. The van der Waals surface area contributed by atoms with Crippen LogP contribution in [0, 0.1) is 11.6 Å². The Labute approximate surface area is 186 Å². The van der Waals surface area contributed by atoms with Gasteiger partial charge in [-0.25, -0.2) is 8.78 Å². The fraction of sp³-hybridized carbons (Fsp3) is 0.125. The Hall–Kier alpha value is -4.27. The van der Waals surface area contributed by atoms with Gasteiger partial charge in [-0.1, -0.05) is 6.07 Å². The van der Waals surface area contributed by atoms with Crippen molar-refractivity contribution < 1.29 is 33.0 Å². The Kier molecular flexibility index (Phi) is 5.01. The topological polar surface area (TPSA) is 89.0 Å². The monoisotopic (exact) mass is 450 g/mol. The number of carbonyl (C=O) groups is 2. The molecule has 166 valence electrons. The maximum absolute atomic E-state index is 14.7. The first-order valence-electron chi connectivity index (χ1n) is 10.0. The fourth-order valence-electron chi connectivity index (χ4n) is 3.95. The van der Waals surface area contributed by atoms with Crippen molar-refractivity contribution in [1.29, 1.82) is 0 Å². The lowest BCUT2D eigenvalue weighted by Gasteiger charge is -2.25. The van der Waals surface area contributed by atoms with Crippen molar-refractivity contribution in [2.45, 2.75) is 6.04 Å². The molecule has 1 N–H and O–H groups in total. The third-order valence-corrected chi connectivity index (χ3v) is 5.43. The summed E-state index contributed by atoms with van der Waals surface area (Å²) in [6, 6.07) is 9.09. The van der Waals surface area contributed by atoms with E-state index >= 15 is 0 Å². The zero-order valence-electron chi connectivity index (χ0n) is 17.0. The van der Waals surface area contributed by atoms with E-state index in [1.54, 1.807) is 18.2 Å². The van der Waals surface area contributed by atoms with Gasteiger partial charge in [-0.2, -0.15) is 0 Å². The number of ether oxygens (including phenoxy) is 2. The number of aliphatic hydroxyl groups is 1. The predicted molar refractivity (Wildman–Crippen MR) is 113 cm³/mol. The van der Waals surface area contributed by atoms with Crippen LogP contribution in [0.4, 0.5) is 14.5 Å². The molecule has 3 heterocycles. The zero-order valence-corrected chi connectivity index (χ0v) is 17.0. The van der Waals surface area contributed by atoms with Gasteiger partial charge in [0.1, 0.15) is 30.6 Å². The first-order chi connectivity index (χ1) is 16.0. The molecule has 7 nitrogen and oxygen atoms in total. The summed E-state index contributed by atoms with van der Waals surface area (Å²) in [5, 5.41) is 11.1. The second-order valence-electron chi connectivity index (χ2n) is 7.41. The Balaban J connectivity index is 1.71. The van der Waals surface area contributed by atoms with Crippen LogP contribution in [0.15, 0.2) is 66.5 Å². The molecule has 0 radical (unpaired) electrons. The SMILES string of the molecule is O=C1C(=O)N(c2cc(F)ccc2F)C(c2cccnc2)/C1=C(/O)c1ccc2c(c1)OCCO2. The van der Waals surface area contributed by atoms with Crippen molar-refractivity contribution in [2.24, 2.45) is 0 Å². The molecular weight excluding hydrogens is 434 g/mol. The molecule has 1 saturated heterocycles. The van der Waals surface area contributed by atoms with Crippen LogP contribution in [0.2, 0.25) is 0 Å². The Morgan fingerprint density at radius 3 is 2.58 bits per heavy atom. The molecule has 9 heteroatoms. The first kappa shape index (κ1) is 20.6. The number of Topliss-reactive ketones (excluding diaryl/α,β-unsaturated/α-hetero) is 1. The van der Waals surface area contributed by atoms with E-state index < -0.39 is 40.8 Å². The van der Waals surface area contributed by atoms with Crippen LogP contribution >= 0.6 is 0 Å². The Bertz CT molecular complexity index is 1310. The number of nitrogens with zero attached hydrogens (tertiary/aromatic N) is 2. The molecule has 1 amide bonds. The van der Waals surface area contributed by atoms with Crippen molar-refractivity contribution in [3.8, 4) is 11.5 Å². The summed E-state index contributed by atoms with van der Waals surface area (Å²) in [4.78, 5) is 30.9. The van der Waals surface area contributed by atoms with E-state index in [9.17, 15) is 23.5 Å². The van der Waals surface area contributed by atoms with Gasteiger partial charge in [-0.3, -0.25) is 19.5 Å². The summed E-state index contributed by atoms with van der Waals surface area (Å²) in [5.74, 6) is -3.47. The van der Waals surface area contributed by atoms with Crippen LogP contribution in [0.5, 0.6) is 11.5 Å². The number of rotatable bonds is 3. The van der Waals surface area contributed by atoms with E-state index in [1.165, 1.54) is 24.5 Å². The van der Waals surface area contributed by atoms with Gasteiger partial charge in [0.25, 0.3) is 11.7 Å². The number of amides is 1. The number of fused-ring (bicyclic) bond motifs is 1. The molecule has 33 heavy (non-hydrogen) atoms. The predicted octanol–water partition coefficient (Wildman–Crippen LogP) is 3.76. The molecule has 5 rings (SSSR count). The van der Waals surface area contributed by atoms with E-state index in [0.29, 0.717) is 30.3 Å². The number of halogens is 2. The third-order valence-electron chi connectivity index (χ3n) is 5.43. The van der Waals surface area contributed by atoms with Gasteiger partial charge in [-0.15, -0.1) is 0 Å². The van der Waals surface area contributed by atoms with E-state index in [1.807, 2.05) is 0 Å². The van der Waals surface area contributed by atoms with Crippen LogP contribution in [0.25, 0.3) is 5.76 Å². The van der Waals surface area contributed by atoms with E-state index in [-0.39, 0.29) is 11.1 Å². The second kappa shape index (κ2) is 8.01. The van der Waals surface area contributed by atoms with E-state index in [4.69, 9.17) is 9.47 Å². The van der Waals surface area contributed by atoms with Gasteiger partial charge in [0.15, 0.2) is 11.5 Å². The zero-order chi connectivity index (χ0) is 23.1. The van der Waals surface area contributed by atoms with Gasteiger partial charge in [0.2, 0.25) is 0 Å². The van der Waals surface area contributed by atoms with Crippen LogP contribution in [0.3, 0.4) is 0 Å². The smallest absolute Gasteiger partial charge is 0.300 e. The van der Waals surface area contributed by atoms with E-state index in [2.05, 4.69) is 4.98 Å². The quantitative estimate of drug-likeness (QED) is 0.371. The molecule has 0 spiro atoms. The number of hydrogen-bond donors (Lipinski definition) is 1. The first-order valence-corrected chi connectivity index (χ1v) is 10.0. The molecule has 1 unspecified atom stereocenters. The highest BCUT2D eigenvalue weighted by Gasteiger charge is 2.48. The summed E-state index contributed by atoms with van der Waals surface area (Å²) < 4.78 is 39.6. The Morgan fingerprint density at radius 2 is 1.82 bits per heavy atom. The number of pyridine rings is 1. The lowest BCUT2D eigenvalue weighted by atomic mass is 9.96. The molecule has 0 bridgehead atoms. The molecule has 3 aromatic rings. The maximum atomic E-state index is 14.7. The standard InChI is InChI=1S/C24H16F2N2O5/c25-15-4-5-16(26)17(11-15)28-21(14-2-1-7-27-12-14)20(23(30)24(28)31)22(29)13-3-6-18-19(10-13)33-9-8-32-18/h1-7,10-12,21,29H,8-9H2/b22-20-. The summed E-state index contributed by atoms with van der Waals surface area (Å²) in [7, 11) is 0. The lowest BCUT2D eigenvalue weighted by molar-refractivity contribution is -0.132. The largest absolute Gasteiger partial charge is 0.507 e. The van der Waals surface area contributed by atoms with Gasteiger partial charge in [0.05, 0.1) is 17.3 Å². The molecule has 1 atom stereocenters. The second-order valence-corrected chi connectivity index (χ2v) is 7.41.